The fourth-order valence-electron chi connectivity index (χ4n) is 6.02. The summed E-state index contributed by atoms with van der Waals surface area (Å²) in [6.07, 6.45) is -5.90. The molecule has 0 spiro atoms. The number of ether oxygens (including phenoxy) is 1. The van der Waals surface area contributed by atoms with Crippen LogP contribution in [-0.2, 0) is 25.4 Å². The van der Waals surface area contributed by atoms with Crippen molar-refractivity contribution in [2.24, 2.45) is 0 Å². The Balaban J connectivity index is 0.000000185. The van der Waals surface area contributed by atoms with E-state index >= 15 is 0 Å². The minimum atomic E-state index is -4.70. The zero-order valence-corrected chi connectivity index (χ0v) is 31.3. The van der Waals surface area contributed by atoms with Crippen molar-refractivity contribution >= 4 is 23.6 Å². The van der Waals surface area contributed by atoms with E-state index in [2.05, 4.69) is 39.9 Å². The Kier molecular flexibility index (Phi) is 10.9. The lowest BCUT2D eigenvalue weighted by atomic mass is 10.1. The molecule has 0 bridgehead atoms. The third kappa shape index (κ3) is 8.82. The Bertz CT molecular complexity index is 2690. The maximum absolute atomic E-state index is 12.8. The van der Waals surface area contributed by atoms with Crippen LogP contribution in [0.4, 0.5) is 26.3 Å². The third-order valence-corrected chi connectivity index (χ3v) is 8.71. The van der Waals surface area contributed by atoms with Crippen LogP contribution < -0.4 is 10.4 Å². The maximum atomic E-state index is 12.8. The molecule has 6 aromatic rings. The Morgan fingerprint density at radius 2 is 1.00 bits per heavy atom. The average Bonchev–Trinajstić information content (AvgIpc) is 3.60. The van der Waals surface area contributed by atoms with Gasteiger partial charge in [-0.1, -0.05) is 24.3 Å². The Morgan fingerprint density at radius 3 is 1.41 bits per heavy atom. The van der Waals surface area contributed by atoms with E-state index in [0.29, 0.717) is 11.1 Å². The first-order valence-electron chi connectivity index (χ1n) is 17.7. The normalized spacial score (nSPS) is 13.7. The number of amides is 4. The van der Waals surface area contributed by atoms with E-state index < -0.39 is 53.3 Å². The zero-order valence-electron chi connectivity index (χ0n) is 31.3. The predicted molar refractivity (Wildman–Crippen MR) is 196 cm³/mol. The smallest absolute Gasteiger partial charge is 0.451 e. The van der Waals surface area contributed by atoms with Crippen molar-refractivity contribution in [2.75, 3.05) is 0 Å². The van der Waals surface area contributed by atoms with Crippen LogP contribution in [0, 0.1) is 0 Å². The highest BCUT2D eigenvalue weighted by Gasteiger charge is 2.38. The molecule has 2 aromatic carbocycles. The van der Waals surface area contributed by atoms with Crippen LogP contribution in [0.5, 0.6) is 6.01 Å². The fraction of sp³-hybridized carbons (Fsp3) is 0.179. The van der Waals surface area contributed by atoms with Gasteiger partial charge in [-0.2, -0.15) is 41.3 Å². The number of H-pyrrole nitrogens is 1. The summed E-state index contributed by atoms with van der Waals surface area (Å²) in [7, 11) is 0. The number of hydrogen-bond acceptors (Lipinski definition) is 13. The molecule has 0 aliphatic carbocycles. The number of carbonyl (C=O) groups is 4. The molecule has 0 radical (unpaired) electrons. The van der Waals surface area contributed by atoms with Gasteiger partial charge in [0.15, 0.2) is 0 Å². The molecule has 2 aliphatic rings. The zero-order chi connectivity index (χ0) is 43.8. The molecule has 1 N–H and O–H groups in total. The monoisotopic (exact) mass is 844 g/mol. The van der Waals surface area contributed by atoms with Gasteiger partial charge in [0.1, 0.15) is 0 Å². The second-order valence-corrected chi connectivity index (χ2v) is 13.4. The first-order chi connectivity index (χ1) is 28.9. The highest BCUT2D eigenvalue weighted by Crippen LogP contribution is 2.30. The van der Waals surface area contributed by atoms with Crippen molar-refractivity contribution in [2.45, 2.75) is 45.4 Å². The first kappa shape index (κ1) is 41.4. The fourth-order valence-corrected chi connectivity index (χ4v) is 6.02. The summed E-state index contributed by atoms with van der Waals surface area (Å²) in [5.41, 5.74) is 1.21. The third-order valence-electron chi connectivity index (χ3n) is 8.71. The van der Waals surface area contributed by atoms with Gasteiger partial charge in [-0.3, -0.25) is 29.0 Å². The molecule has 0 atom stereocenters. The predicted octanol–water partition coefficient (Wildman–Crippen LogP) is 5.58. The quantitative estimate of drug-likeness (QED) is 0.147. The Labute approximate surface area is 338 Å². The number of carbonyl (C=O) groups excluding carboxylic acids is 4. The largest absolute Gasteiger partial charge is 0.461 e. The summed E-state index contributed by atoms with van der Waals surface area (Å²) >= 11 is 0. The molecule has 0 fully saturated rings. The molecule has 8 rings (SSSR count). The van der Waals surface area contributed by atoms with Crippen LogP contribution in [0.2, 0.25) is 0 Å². The van der Waals surface area contributed by atoms with Crippen LogP contribution in [0.3, 0.4) is 0 Å². The van der Waals surface area contributed by atoms with Gasteiger partial charge < -0.3 is 9.72 Å². The molecular weight excluding hydrogens is 818 g/mol. The SMILES string of the molecule is CC(C)Oc1nc(CN2C(=O)c3ccccc3C2=O)cc(-c2cnc(C(F)(F)F)nc2)n1.O=C1c2ccccc2C(=O)N1Cc1cc(-c2cnc(C(F)(F)F)nc2)nc(=O)[nH]1. The van der Waals surface area contributed by atoms with E-state index in [9.17, 15) is 50.3 Å². The van der Waals surface area contributed by atoms with E-state index in [0.717, 1.165) is 34.6 Å². The van der Waals surface area contributed by atoms with Crippen molar-refractivity contribution in [3.05, 3.63) is 141 Å². The molecule has 0 saturated carbocycles. The number of imide groups is 2. The number of aromatic amines is 1. The molecule has 0 saturated heterocycles. The number of fused-ring (bicyclic) bond motifs is 2. The standard InChI is InChI=1S/C21H16F3N5O3.C18H10F3N5O3/c1-11(2)32-20-27-13(10-29-17(30)14-5-3-4-6-15(14)18(29)31)7-16(28-20)12-8-25-19(26-9-12)21(22,23)24;19-18(20,21)16-22-6-9(7-23-16)13-5-10(24-17(29)25-13)8-26-14(27)11-3-1-2-4-12(11)15(26)28/h3-9,11H,10H2,1-2H3;1-7H,8H2,(H,24,25,29). The summed E-state index contributed by atoms with van der Waals surface area (Å²) in [4.78, 5) is 91.8. The number of alkyl halides is 6. The van der Waals surface area contributed by atoms with Gasteiger partial charge in [-0.05, 0) is 50.2 Å². The van der Waals surface area contributed by atoms with Crippen molar-refractivity contribution in [1.29, 1.82) is 0 Å². The molecule has 2 aliphatic heterocycles. The van der Waals surface area contributed by atoms with Gasteiger partial charge in [-0.25, -0.2) is 24.7 Å². The van der Waals surface area contributed by atoms with Crippen LogP contribution in [0.15, 0.2) is 90.2 Å². The lowest BCUT2D eigenvalue weighted by molar-refractivity contribution is -0.145. The number of halogens is 6. The van der Waals surface area contributed by atoms with Gasteiger partial charge in [0.2, 0.25) is 11.6 Å². The van der Waals surface area contributed by atoms with E-state index in [4.69, 9.17) is 4.74 Å². The highest BCUT2D eigenvalue weighted by molar-refractivity contribution is 6.22. The van der Waals surface area contributed by atoms with Gasteiger partial charge in [0.25, 0.3) is 23.6 Å². The summed E-state index contributed by atoms with van der Waals surface area (Å²) in [6.45, 7) is 3.10. The minimum absolute atomic E-state index is 0.00841. The molecule has 310 valence electrons. The molecule has 61 heavy (non-hydrogen) atoms. The van der Waals surface area contributed by atoms with Crippen LogP contribution in [-0.4, -0.2) is 79.4 Å². The van der Waals surface area contributed by atoms with E-state index in [1.807, 2.05) is 0 Å². The first-order valence-corrected chi connectivity index (χ1v) is 17.7. The number of nitrogens with one attached hydrogen (secondary N) is 1. The maximum Gasteiger partial charge on any atom is 0.451 e. The Hall–Kier alpha value is -7.78. The van der Waals surface area contributed by atoms with Crippen LogP contribution >= 0.6 is 0 Å². The molecule has 22 heteroatoms. The molecule has 4 amide bonds. The lowest BCUT2D eigenvalue weighted by Crippen LogP contribution is -2.30. The van der Waals surface area contributed by atoms with E-state index in [1.54, 1.807) is 50.2 Å². The summed E-state index contributed by atoms with van der Waals surface area (Å²) in [5, 5.41) is 0. The molecule has 6 heterocycles. The Morgan fingerprint density at radius 1 is 0.590 bits per heavy atom. The lowest BCUT2D eigenvalue weighted by Gasteiger charge is -2.16. The average molecular weight is 845 g/mol. The van der Waals surface area contributed by atoms with Gasteiger partial charge in [0.05, 0.1) is 58.5 Å². The second kappa shape index (κ2) is 16.1. The molecular formula is C39H26F6N10O6. The van der Waals surface area contributed by atoms with E-state index in [-0.39, 0.29) is 70.2 Å². The van der Waals surface area contributed by atoms with Crippen LogP contribution in [0.1, 0.15) is 78.3 Å². The number of benzene rings is 2. The number of nitrogens with zero attached hydrogens (tertiary/aromatic N) is 9. The van der Waals surface area contributed by atoms with Crippen molar-refractivity contribution in [3.63, 3.8) is 0 Å². The molecule has 16 nitrogen and oxygen atoms in total. The van der Waals surface area contributed by atoms with Crippen molar-refractivity contribution < 1.29 is 50.3 Å². The number of aromatic nitrogens is 8. The summed E-state index contributed by atoms with van der Waals surface area (Å²) in [6, 6.07) is 15.5. The van der Waals surface area contributed by atoms with E-state index in [1.165, 1.54) is 24.3 Å². The van der Waals surface area contributed by atoms with Crippen molar-refractivity contribution in [1.82, 2.24) is 49.7 Å². The second-order valence-electron chi connectivity index (χ2n) is 13.4. The van der Waals surface area contributed by atoms with Gasteiger partial charge >= 0.3 is 24.1 Å². The van der Waals surface area contributed by atoms with Gasteiger partial charge in [-0.15, -0.1) is 0 Å². The molecule has 0 unspecified atom stereocenters. The molecule has 4 aromatic heterocycles. The van der Waals surface area contributed by atoms with Crippen molar-refractivity contribution in [3.8, 4) is 28.5 Å². The van der Waals surface area contributed by atoms with Gasteiger partial charge in [0, 0.05) is 41.6 Å². The van der Waals surface area contributed by atoms with Crippen LogP contribution in [0.25, 0.3) is 22.5 Å². The number of hydrogen-bond donors (Lipinski definition) is 1. The summed E-state index contributed by atoms with van der Waals surface area (Å²) < 4.78 is 81.6. The summed E-state index contributed by atoms with van der Waals surface area (Å²) in [5.74, 6) is -4.55. The minimum Gasteiger partial charge on any atom is -0.461 e. The topological polar surface area (TPSA) is 207 Å². The highest BCUT2D eigenvalue weighted by atomic mass is 19.4. The number of rotatable bonds is 8.